The van der Waals surface area contributed by atoms with Gasteiger partial charge >= 0.3 is 6.18 Å². The van der Waals surface area contributed by atoms with Crippen molar-refractivity contribution in [1.82, 2.24) is 0 Å². The van der Waals surface area contributed by atoms with E-state index in [1.165, 1.54) is 24.3 Å². The summed E-state index contributed by atoms with van der Waals surface area (Å²) in [5, 5.41) is 0. The summed E-state index contributed by atoms with van der Waals surface area (Å²) >= 11 is 0. The Kier molecular flexibility index (Phi) is 3.53. The fourth-order valence-corrected chi connectivity index (χ4v) is 1.81. The smallest absolute Gasteiger partial charge is 0.399 e. The van der Waals surface area contributed by atoms with Crippen LogP contribution in [0.2, 0.25) is 0 Å². The molecule has 2 rings (SSSR count). The number of nitrogens with two attached hydrogens (primary N) is 1. The predicted octanol–water partition coefficient (Wildman–Crippen LogP) is 4.44. The second kappa shape index (κ2) is 5.00. The van der Waals surface area contributed by atoms with Gasteiger partial charge in [-0.15, -0.1) is 0 Å². The van der Waals surface area contributed by atoms with Gasteiger partial charge < -0.3 is 5.73 Å². The van der Waals surface area contributed by atoms with Gasteiger partial charge in [0.1, 0.15) is 5.82 Å². The molecule has 0 heterocycles. The van der Waals surface area contributed by atoms with Crippen LogP contribution < -0.4 is 5.73 Å². The fourth-order valence-electron chi connectivity index (χ4n) is 1.81. The Labute approximate surface area is 113 Å². The summed E-state index contributed by atoms with van der Waals surface area (Å²) in [5.74, 6) is -0.560. The second-order valence-corrected chi connectivity index (χ2v) is 4.29. The van der Waals surface area contributed by atoms with E-state index in [4.69, 9.17) is 5.73 Å². The van der Waals surface area contributed by atoms with E-state index >= 15 is 0 Å². The molecule has 0 aliphatic heterocycles. The Hall–Kier alpha value is -2.30. The molecule has 0 saturated carbocycles. The summed E-state index contributed by atoms with van der Waals surface area (Å²) in [7, 11) is 0. The van der Waals surface area contributed by atoms with Crippen LogP contribution in [0.3, 0.4) is 0 Å². The molecular formula is C15H11F4N. The minimum absolute atomic E-state index is 0.0986. The fraction of sp³-hybridized carbons (Fsp3) is 0.0667. The molecule has 0 radical (unpaired) electrons. The first-order chi connectivity index (χ1) is 9.29. The van der Waals surface area contributed by atoms with E-state index in [9.17, 15) is 17.6 Å². The van der Waals surface area contributed by atoms with Gasteiger partial charge in [-0.3, -0.25) is 0 Å². The summed E-state index contributed by atoms with van der Waals surface area (Å²) in [5.41, 5.74) is 5.91. The Morgan fingerprint density at radius 1 is 0.950 bits per heavy atom. The maximum Gasteiger partial charge on any atom is 0.416 e. The first-order valence-corrected chi connectivity index (χ1v) is 5.71. The van der Waals surface area contributed by atoms with Crippen LogP contribution >= 0.6 is 0 Å². The molecule has 0 saturated heterocycles. The molecule has 2 N–H and O–H groups in total. The van der Waals surface area contributed by atoms with Crippen molar-refractivity contribution in [3.8, 4) is 11.1 Å². The normalized spacial score (nSPS) is 11.4. The average Bonchev–Trinajstić information content (AvgIpc) is 2.37. The molecule has 0 amide bonds. The van der Waals surface area contributed by atoms with Gasteiger partial charge in [-0.05, 0) is 35.4 Å². The highest BCUT2D eigenvalue weighted by Crippen LogP contribution is 2.31. The molecule has 0 spiro atoms. The van der Waals surface area contributed by atoms with Crippen molar-refractivity contribution in [3.05, 3.63) is 66.0 Å². The summed E-state index contributed by atoms with van der Waals surface area (Å²) in [6, 6.07) is 8.77. The highest BCUT2D eigenvalue weighted by molar-refractivity contribution is 5.69. The van der Waals surface area contributed by atoms with Crippen LogP contribution in [0.25, 0.3) is 16.8 Å². The molecule has 0 fully saturated rings. The van der Waals surface area contributed by atoms with Crippen LogP contribution in [0.5, 0.6) is 0 Å². The molecule has 0 aliphatic rings. The third-order valence-electron chi connectivity index (χ3n) is 2.86. The number of rotatable bonds is 2. The van der Waals surface area contributed by atoms with Crippen molar-refractivity contribution in [2.24, 2.45) is 5.73 Å². The summed E-state index contributed by atoms with van der Waals surface area (Å²) < 4.78 is 51.1. The molecule has 0 atom stereocenters. The quantitative estimate of drug-likeness (QED) is 0.809. The number of benzene rings is 2. The molecule has 5 heteroatoms. The maximum absolute atomic E-state index is 13.7. The lowest BCUT2D eigenvalue weighted by molar-refractivity contribution is -0.137. The monoisotopic (exact) mass is 281 g/mol. The topological polar surface area (TPSA) is 26.0 Å². The molecular weight excluding hydrogens is 270 g/mol. The van der Waals surface area contributed by atoms with Gasteiger partial charge in [-0.2, -0.15) is 13.2 Å². The summed E-state index contributed by atoms with van der Waals surface area (Å²) in [6.45, 7) is 3.44. The summed E-state index contributed by atoms with van der Waals surface area (Å²) in [4.78, 5) is 0. The van der Waals surface area contributed by atoms with Crippen molar-refractivity contribution < 1.29 is 17.6 Å². The first kappa shape index (κ1) is 14.1. The highest BCUT2D eigenvalue weighted by Gasteiger charge is 2.29. The van der Waals surface area contributed by atoms with Crippen molar-refractivity contribution in [3.63, 3.8) is 0 Å². The lowest BCUT2D eigenvalue weighted by atomic mass is 10.0. The third kappa shape index (κ3) is 2.82. The molecule has 0 aliphatic carbocycles. The van der Waals surface area contributed by atoms with Gasteiger partial charge in [0.05, 0.1) is 5.56 Å². The lowest BCUT2D eigenvalue weighted by Crippen LogP contribution is -2.04. The number of halogens is 4. The average molecular weight is 281 g/mol. The van der Waals surface area contributed by atoms with Gasteiger partial charge in [0.25, 0.3) is 0 Å². The first-order valence-electron chi connectivity index (χ1n) is 5.71. The van der Waals surface area contributed by atoms with Gasteiger partial charge in [-0.25, -0.2) is 4.39 Å². The van der Waals surface area contributed by atoms with Crippen molar-refractivity contribution >= 4 is 5.70 Å². The van der Waals surface area contributed by atoms with Crippen molar-refractivity contribution in [2.75, 3.05) is 0 Å². The molecule has 1 nitrogen and oxygen atoms in total. The van der Waals surface area contributed by atoms with Gasteiger partial charge in [0.15, 0.2) is 0 Å². The Morgan fingerprint density at radius 3 is 1.95 bits per heavy atom. The van der Waals surface area contributed by atoms with Crippen LogP contribution in [0.4, 0.5) is 17.6 Å². The molecule has 2 aromatic rings. The number of hydrogen-bond donors (Lipinski definition) is 1. The Balaban J connectivity index is 2.37. The molecule has 0 unspecified atom stereocenters. The van der Waals surface area contributed by atoms with Crippen LogP contribution in [-0.4, -0.2) is 0 Å². The molecule has 2 aromatic carbocycles. The zero-order valence-corrected chi connectivity index (χ0v) is 10.3. The van der Waals surface area contributed by atoms with Gasteiger partial charge in [-0.1, -0.05) is 24.8 Å². The Morgan fingerprint density at radius 2 is 1.50 bits per heavy atom. The van der Waals surface area contributed by atoms with E-state index in [1.807, 2.05) is 0 Å². The van der Waals surface area contributed by atoms with Crippen molar-refractivity contribution in [1.29, 1.82) is 0 Å². The van der Waals surface area contributed by atoms with Crippen LogP contribution in [0.1, 0.15) is 11.1 Å². The number of hydrogen-bond acceptors (Lipinski definition) is 1. The summed E-state index contributed by atoms with van der Waals surface area (Å²) in [6.07, 6.45) is -4.38. The third-order valence-corrected chi connectivity index (χ3v) is 2.86. The zero-order chi connectivity index (χ0) is 14.9. The zero-order valence-electron chi connectivity index (χ0n) is 10.3. The lowest BCUT2D eigenvalue weighted by Gasteiger charge is -2.09. The molecule has 0 aromatic heterocycles. The second-order valence-electron chi connectivity index (χ2n) is 4.29. The minimum Gasteiger partial charge on any atom is -0.399 e. The standard InChI is InChI=1S/C15H11F4N/c1-9(20)13-7-4-11(8-14(13)16)10-2-5-12(6-3-10)15(17,18)19/h2-8H,1,20H2. The SMILES string of the molecule is C=C(N)c1ccc(-c2ccc(C(F)(F)F)cc2)cc1F. The van der Waals surface area contributed by atoms with E-state index in [0.29, 0.717) is 11.1 Å². The van der Waals surface area contributed by atoms with E-state index in [-0.39, 0.29) is 11.3 Å². The minimum atomic E-state index is -4.38. The van der Waals surface area contributed by atoms with Crippen LogP contribution in [0, 0.1) is 5.82 Å². The molecule has 0 bridgehead atoms. The Bertz CT molecular complexity index is 642. The van der Waals surface area contributed by atoms with E-state index < -0.39 is 17.6 Å². The van der Waals surface area contributed by atoms with Crippen molar-refractivity contribution in [2.45, 2.75) is 6.18 Å². The molecule has 20 heavy (non-hydrogen) atoms. The predicted molar refractivity (Wildman–Crippen MR) is 70.1 cm³/mol. The molecule has 104 valence electrons. The van der Waals surface area contributed by atoms with Gasteiger partial charge in [0, 0.05) is 11.3 Å². The van der Waals surface area contributed by atoms with E-state index in [1.54, 1.807) is 6.07 Å². The largest absolute Gasteiger partial charge is 0.416 e. The van der Waals surface area contributed by atoms with E-state index in [2.05, 4.69) is 6.58 Å². The van der Waals surface area contributed by atoms with E-state index in [0.717, 1.165) is 12.1 Å². The van der Waals surface area contributed by atoms with Crippen LogP contribution in [-0.2, 0) is 6.18 Å². The highest BCUT2D eigenvalue weighted by atomic mass is 19.4. The maximum atomic E-state index is 13.7. The van der Waals surface area contributed by atoms with Crippen LogP contribution in [0.15, 0.2) is 49.0 Å². The van der Waals surface area contributed by atoms with Gasteiger partial charge in [0.2, 0.25) is 0 Å². The number of alkyl halides is 3.